The van der Waals surface area contributed by atoms with Gasteiger partial charge in [-0.1, -0.05) is 6.92 Å². The Morgan fingerprint density at radius 3 is 2.52 bits per heavy atom. The van der Waals surface area contributed by atoms with Crippen molar-refractivity contribution in [1.82, 2.24) is 9.78 Å². The summed E-state index contributed by atoms with van der Waals surface area (Å²) in [6, 6.07) is 3.58. The summed E-state index contributed by atoms with van der Waals surface area (Å²) in [4.78, 5) is 32.8. The van der Waals surface area contributed by atoms with Crippen molar-refractivity contribution >= 4 is 23.1 Å². The molecule has 0 fully saturated rings. The van der Waals surface area contributed by atoms with Gasteiger partial charge in [0.1, 0.15) is 5.75 Å². The predicted molar refractivity (Wildman–Crippen MR) is 86.3 cm³/mol. The standard InChI is InChI=1S/C14H15N5O6/c1-3-11(17-8(2)6-13(16-17)19(24)25)14(21)15-10-7-9(18(22)23)4-5-12(10)20/h4-7,11,20H,3H2,1-2H3,(H,15,21). The second kappa shape index (κ2) is 6.95. The Morgan fingerprint density at radius 1 is 1.32 bits per heavy atom. The summed E-state index contributed by atoms with van der Waals surface area (Å²) in [6.07, 6.45) is 0.265. The van der Waals surface area contributed by atoms with Gasteiger partial charge in [-0.05, 0) is 24.3 Å². The molecule has 11 nitrogen and oxygen atoms in total. The van der Waals surface area contributed by atoms with Crippen molar-refractivity contribution in [2.75, 3.05) is 5.32 Å². The molecule has 132 valence electrons. The summed E-state index contributed by atoms with van der Waals surface area (Å²) in [7, 11) is 0. The molecular formula is C14H15N5O6. The summed E-state index contributed by atoms with van der Waals surface area (Å²) in [6.45, 7) is 3.26. The van der Waals surface area contributed by atoms with E-state index in [0.717, 1.165) is 18.2 Å². The van der Waals surface area contributed by atoms with Gasteiger partial charge in [0.15, 0.2) is 6.04 Å². The van der Waals surface area contributed by atoms with Crippen molar-refractivity contribution in [2.45, 2.75) is 26.3 Å². The second-order valence-electron chi connectivity index (χ2n) is 5.22. The summed E-state index contributed by atoms with van der Waals surface area (Å²) in [5, 5.41) is 37.6. The Kier molecular flexibility index (Phi) is 4.96. The number of nitrogens with one attached hydrogen (secondary N) is 1. The number of nitro groups is 2. The van der Waals surface area contributed by atoms with Gasteiger partial charge in [-0.25, -0.2) is 0 Å². The van der Waals surface area contributed by atoms with Crippen LogP contribution in [0.4, 0.5) is 17.2 Å². The van der Waals surface area contributed by atoms with Crippen LogP contribution in [-0.4, -0.2) is 30.6 Å². The minimum atomic E-state index is -0.882. The third kappa shape index (κ3) is 3.71. The van der Waals surface area contributed by atoms with E-state index in [2.05, 4.69) is 10.4 Å². The van der Waals surface area contributed by atoms with Crippen molar-refractivity contribution in [3.63, 3.8) is 0 Å². The number of phenolic OH excluding ortho intramolecular Hbond substituents is 1. The molecule has 0 saturated carbocycles. The van der Waals surface area contributed by atoms with E-state index in [1.807, 2.05) is 0 Å². The Bertz CT molecular complexity index is 846. The van der Waals surface area contributed by atoms with Crippen LogP contribution in [0.15, 0.2) is 24.3 Å². The number of nitro benzene ring substituents is 1. The number of anilines is 1. The lowest BCUT2D eigenvalue weighted by Crippen LogP contribution is -2.27. The van der Waals surface area contributed by atoms with E-state index in [4.69, 9.17) is 0 Å². The van der Waals surface area contributed by atoms with Crippen molar-refractivity contribution in [1.29, 1.82) is 0 Å². The quantitative estimate of drug-likeness (QED) is 0.460. The molecule has 1 heterocycles. The lowest BCUT2D eigenvalue weighted by Gasteiger charge is -2.14. The van der Waals surface area contributed by atoms with Gasteiger partial charge < -0.3 is 20.5 Å². The third-order valence-corrected chi connectivity index (χ3v) is 3.53. The summed E-state index contributed by atoms with van der Waals surface area (Å²) in [5.74, 6) is -1.33. The monoisotopic (exact) mass is 349 g/mol. The molecule has 0 bridgehead atoms. The van der Waals surface area contributed by atoms with Crippen molar-refractivity contribution in [3.8, 4) is 5.75 Å². The molecule has 25 heavy (non-hydrogen) atoms. The fraction of sp³-hybridized carbons (Fsp3) is 0.286. The van der Waals surface area contributed by atoms with E-state index in [1.165, 1.54) is 10.7 Å². The van der Waals surface area contributed by atoms with Crippen LogP contribution in [0.3, 0.4) is 0 Å². The number of carbonyl (C=O) groups excluding carboxylic acids is 1. The lowest BCUT2D eigenvalue weighted by molar-refractivity contribution is -0.389. The number of aromatic nitrogens is 2. The summed E-state index contributed by atoms with van der Waals surface area (Å²) in [5.41, 5.74) is -0.0130. The first-order chi connectivity index (χ1) is 11.7. The highest BCUT2D eigenvalue weighted by Crippen LogP contribution is 2.29. The molecule has 0 spiro atoms. The zero-order valence-corrected chi connectivity index (χ0v) is 13.4. The van der Waals surface area contributed by atoms with Crippen LogP contribution in [0.25, 0.3) is 0 Å². The van der Waals surface area contributed by atoms with Gasteiger partial charge in [-0.2, -0.15) is 4.68 Å². The summed E-state index contributed by atoms with van der Waals surface area (Å²) < 4.78 is 1.21. The Hall–Kier alpha value is -3.50. The maximum Gasteiger partial charge on any atom is 0.390 e. The molecule has 1 unspecified atom stereocenters. The van der Waals surface area contributed by atoms with Gasteiger partial charge in [0.25, 0.3) is 11.6 Å². The highest BCUT2D eigenvalue weighted by molar-refractivity contribution is 5.95. The van der Waals surface area contributed by atoms with Crippen molar-refractivity contribution in [2.24, 2.45) is 0 Å². The molecule has 2 aromatic rings. The zero-order valence-electron chi connectivity index (χ0n) is 13.4. The Labute approximate surface area is 141 Å². The topological polar surface area (TPSA) is 153 Å². The molecule has 0 radical (unpaired) electrons. The van der Waals surface area contributed by atoms with E-state index < -0.39 is 21.8 Å². The highest BCUT2D eigenvalue weighted by atomic mass is 16.6. The van der Waals surface area contributed by atoms with Gasteiger partial charge in [-0.15, -0.1) is 0 Å². The number of hydrogen-bond acceptors (Lipinski definition) is 7. The van der Waals surface area contributed by atoms with E-state index in [0.29, 0.717) is 5.69 Å². The van der Waals surface area contributed by atoms with Crippen LogP contribution in [0.1, 0.15) is 25.1 Å². The predicted octanol–water partition coefficient (Wildman–Crippen LogP) is 2.30. The molecule has 2 rings (SSSR count). The van der Waals surface area contributed by atoms with E-state index in [1.54, 1.807) is 13.8 Å². The number of hydrogen-bond donors (Lipinski definition) is 2. The first-order valence-electron chi connectivity index (χ1n) is 7.23. The van der Waals surface area contributed by atoms with Crippen molar-refractivity contribution < 1.29 is 19.7 Å². The average Bonchev–Trinajstić information content (AvgIpc) is 2.92. The number of benzene rings is 1. The van der Waals surface area contributed by atoms with Crippen LogP contribution in [-0.2, 0) is 4.79 Å². The first kappa shape index (κ1) is 17.8. The molecule has 0 aliphatic carbocycles. The molecule has 0 aliphatic rings. The number of phenols is 1. The molecule has 2 N–H and O–H groups in total. The van der Waals surface area contributed by atoms with E-state index in [-0.39, 0.29) is 29.4 Å². The van der Waals surface area contributed by atoms with Crippen LogP contribution >= 0.6 is 0 Å². The van der Waals surface area contributed by atoms with Crippen LogP contribution in [0.2, 0.25) is 0 Å². The van der Waals surface area contributed by atoms with Gasteiger partial charge >= 0.3 is 5.82 Å². The summed E-state index contributed by atoms with van der Waals surface area (Å²) >= 11 is 0. The number of aromatic hydroxyl groups is 1. The lowest BCUT2D eigenvalue weighted by atomic mass is 10.2. The minimum Gasteiger partial charge on any atom is -0.506 e. The van der Waals surface area contributed by atoms with Crippen LogP contribution < -0.4 is 5.32 Å². The van der Waals surface area contributed by atoms with Gasteiger partial charge in [0.2, 0.25) is 0 Å². The third-order valence-electron chi connectivity index (χ3n) is 3.53. The van der Waals surface area contributed by atoms with Crippen molar-refractivity contribution in [3.05, 3.63) is 50.2 Å². The number of rotatable bonds is 6. The smallest absolute Gasteiger partial charge is 0.390 e. The maximum absolute atomic E-state index is 12.5. The fourth-order valence-electron chi connectivity index (χ4n) is 2.30. The molecular weight excluding hydrogens is 334 g/mol. The zero-order chi connectivity index (χ0) is 18.7. The number of carbonyl (C=O) groups is 1. The molecule has 1 aromatic carbocycles. The Morgan fingerprint density at radius 2 is 2.00 bits per heavy atom. The number of aryl methyl sites for hydroxylation is 1. The maximum atomic E-state index is 12.5. The number of amides is 1. The number of non-ortho nitro benzene ring substituents is 1. The molecule has 1 amide bonds. The van der Waals surface area contributed by atoms with Crippen LogP contribution in [0.5, 0.6) is 5.75 Å². The SMILES string of the molecule is CCC(C(=O)Nc1cc([N+](=O)[O-])ccc1O)n1nc([N+](=O)[O-])cc1C. The molecule has 1 atom stereocenters. The Balaban J connectivity index is 2.31. The fourth-order valence-corrected chi connectivity index (χ4v) is 2.30. The molecule has 0 aliphatic heterocycles. The highest BCUT2D eigenvalue weighted by Gasteiger charge is 2.27. The largest absolute Gasteiger partial charge is 0.506 e. The second-order valence-corrected chi connectivity index (χ2v) is 5.22. The minimum absolute atomic E-state index is 0.128. The van der Waals surface area contributed by atoms with Crippen LogP contribution in [0, 0.1) is 27.2 Å². The molecule has 1 aromatic heterocycles. The van der Waals surface area contributed by atoms with E-state index >= 15 is 0 Å². The normalized spacial score (nSPS) is 11.8. The van der Waals surface area contributed by atoms with Gasteiger partial charge in [0, 0.05) is 12.1 Å². The molecule has 0 saturated heterocycles. The van der Waals surface area contributed by atoms with E-state index in [9.17, 15) is 30.1 Å². The molecule has 11 heteroatoms. The van der Waals surface area contributed by atoms with Gasteiger partial charge in [0.05, 0.1) is 27.5 Å². The van der Waals surface area contributed by atoms with Gasteiger partial charge in [-0.3, -0.25) is 14.9 Å². The first-order valence-corrected chi connectivity index (χ1v) is 7.23. The average molecular weight is 349 g/mol. The number of nitrogens with zero attached hydrogens (tertiary/aromatic N) is 4.